The highest BCUT2D eigenvalue weighted by molar-refractivity contribution is 6.01. The zero-order valence-corrected chi connectivity index (χ0v) is 21.0. The SMILES string of the molecule is Cc1nn2cccnc2c1C(=O)N[C@@H](C)c1cc2cccc(-c3ccccc3)c2c(=O)n1-c1ccccc1. The van der Waals surface area contributed by atoms with Crippen molar-refractivity contribution in [3.8, 4) is 16.8 Å². The summed E-state index contributed by atoms with van der Waals surface area (Å²) in [7, 11) is 0. The van der Waals surface area contributed by atoms with Crippen molar-refractivity contribution < 1.29 is 4.79 Å². The Balaban J connectivity index is 1.51. The zero-order chi connectivity index (χ0) is 26.2. The largest absolute Gasteiger partial charge is 0.344 e. The fourth-order valence-electron chi connectivity index (χ4n) is 5.01. The average Bonchev–Trinajstić information content (AvgIpc) is 3.29. The molecule has 0 bridgehead atoms. The molecule has 0 spiro atoms. The van der Waals surface area contributed by atoms with E-state index in [1.807, 2.05) is 91.9 Å². The van der Waals surface area contributed by atoms with Gasteiger partial charge in [0.25, 0.3) is 11.5 Å². The van der Waals surface area contributed by atoms with Crippen molar-refractivity contribution in [1.29, 1.82) is 0 Å². The summed E-state index contributed by atoms with van der Waals surface area (Å²) in [6.07, 6.45) is 3.40. The molecular weight excluding hydrogens is 474 g/mol. The monoisotopic (exact) mass is 499 g/mol. The fraction of sp³-hybridized carbons (Fsp3) is 0.0968. The third kappa shape index (κ3) is 3.94. The Bertz CT molecular complexity index is 1860. The van der Waals surface area contributed by atoms with Gasteiger partial charge in [-0.05, 0) is 54.6 Å². The van der Waals surface area contributed by atoms with Crippen LogP contribution >= 0.6 is 0 Å². The van der Waals surface area contributed by atoms with E-state index >= 15 is 0 Å². The van der Waals surface area contributed by atoms with E-state index < -0.39 is 6.04 Å². The quantitative estimate of drug-likeness (QED) is 0.340. The van der Waals surface area contributed by atoms with Gasteiger partial charge in [-0.25, -0.2) is 9.50 Å². The third-order valence-corrected chi connectivity index (χ3v) is 6.76. The van der Waals surface area contributed by atoms with Gasteiger partial charge in [0, 0.05) is 23.8 Å². The minimum atomic E-state index is -0.488. The van der Waals surface area contributed by atoms with Crippen LogP contribution in [-0.4, -0.2) is 25.1 Å². The molecule has 0 aliphatic carbocycles. The summed E-state index contributed by atoms with van der Waals surface area (Å²) in [6, 6.07) is 28.5. The Morgan fingerprint density at radius 1 is 0.921 bits per heavy atom. The second-order valence-electron chi connectivity index (χ2n) is 9.22. The van der Waals surface area contributed by atoms with Gasteiger partial charge < -0.3 is 5.32 Å². The number of para-hydroxylation sites is 1. The number of aromatic nitrogens is 4. The Hall–Kier alpha value is -5.04. The molecule has 186 valence electrons. The van der Waals surface area contributed by atoms with Crippen molar-refractivity contribution in [2.75, 3.05) is 0 Å². The second-order valence-corrected chi connectivity index (χ2v) is 9.22. The summed E-state index contributed by atoms with van der Waals surface area (Å²) in [5, 5.41) is 8.94. The van der Waals surface area contributed by atoms with Crippen molar-refractivity contribution >= 4 is 22.3 Å². The summed E-state index contributed by atoms with van der Waals surface area (Å²) >= 11 is 0. The van der Waals surface area contributed by atoms with E-state index in [0.717, 1.165) is 22.2 Å². The number of amides is 1. The predicted molar refractivity (Wildman–Crippen MR) is 149 cm³/mol. The molecule has 1 atom stereocenters. The van der Waals surface area contributed by atoms with Crippen LogP contribution in [0, 0.1) is 6.92 Å². The maximum absolute atomic E-state index is 14.2. The lowest BCUT2D eigenvalue weighted by Gasteiger charge is -2.21. The molecule has 3 heterocycles. The Kier molecular flexibility index (Phi) is 5.81. The van der Waals surface area contributed by atoms with Crippen LogP contribution in [0.2, 0.25) is 0 Å². The van der Waals surface area contributed by atoms with Crippen LogP contribution in [0.5, 0.6) is 0 Å². The lowest BCUT2D eigenvalue weighted by molar-refractivity contribution is 0.0939. The molecule has 0 saturated carbocycles. The van der Waals surface area contributed by atoms with E-state index in [9.17, 15) is 9.59 Å². The normalized spacial score (nSPS) is 12.1. The number of pyridine rings is 1. The summed E-state index contributed by atoms with van der Waals surface area (Å²) in [4.78, 5) is 32.0. The molecule has 0 saturated heterocycles. The van der Waals surface area contributed by atoms with Crippen molar-refractivity contribution in [3.63, 3.8) is 0 Å². The van der Waals surface area contributed by atoms with E-state index in [1.165, 1.54) is 0 Å². The van der Waals surface area contributed by atoms with E-state index in [4.69, 9.17) is 0 Å². The Morgan fingerprint density at radius 3 is 2.42 bits per heavy atom. The van der Waals surface area contributed by atoms with Gasteiger partial charge in [0.05, 0.1) is 17.1 Å². The predicted octanol–water partition coefficient (Wildman–Crippen LogP) is 5.50. The number of fused-ring (bicyclic) bond motifs is 2. The second kappa shape index (κ2) is 9.44. The number of hydrogen-bond acceptors (Lipinski definition) is 4. The molecule has 6 aromatic rings. The van der Waals surface area contributed by atoms with Gasteiger partial charge in [-0.2, -0.15) is 5.10 Å². The first-order valence-corrected chi connectivity index (χ1v) is 12.4. The lowest BCUT2D eigenvalue weighted by atomic mass is 9.98. The molecule has 7 heteroatoms. The highest BCUT2D eigenvalue weighted by Crippen LogP contribution is 2.29. The van der Waals surface area contributed by atoms with E-state index in [0.29, 0.717) is 28.0 Å². The van der Waals surface area contributed by atoms with Gasteiger partial charge in [-0.1, -0.05) is 66.7 Å². The number of aryl methyl sites for hydroxylation is 1. The summed E-state index contributed by atoms with van der Waals surface area (Å²) in [5.74, 6) is -0.297. The van der Waals surface area contributed by atoms with E-state index in [-0.39, 0.29) is 11.5 Å². The van der Waals surface area contributed by atoms with E-state index in [2.05, 4.69) is 15.4 Å². The molecular formula is C31H25N5O2. The van der Waals surface area contributed by atoms with Crippen LogP contribution in [0.3, 0.4) is 0 Å². The molecule has 0 unspecified atom stereocenters. The molecule has 1 amide bonds. The van der Waals surface area contributed by atoms with Crippen LogP contribution in [-0.2, 0) is 0 Å². The molecule has 0 aliphatic heterocycles. The molecule has 3 aromatic heterocycles. The number of hydrogen-bond donors (Lipinski definition) is 1. The van der Waals surface area contributed by atoms with Crippen LogP contribution in [0.4, 0.5) is 0 Å². The van der Waals surface area contributed by atoms with Crippen LogP contribution < -0.4 is 10.9 Å². The maximum Gasteiger partial charge on any atom is 0.263 e. The number of nitrogens with zero attached hydrogens (tertiary/aromatic N) is 4. The highest BCUT2D eigenvalue weighted by Gasteiger charge is 2.23. The van der Waals surface area contributed by atoms with Gasteiger partial charge in [0.15, 0.2) is 5.65 Å². The highest BCUT2D eigenvalue weighted by atomic mass is 16.2. The van der Waals surface area contributed by atoms with Gasteiger partial charge in [0.1, 0.15) is 5.56 Å². The summed E-state index contributed by atoms with van der Waals surface area (Å²) in [6.45, 7) is 3.67. The summed E-state index contributed by atoms with van der Waals surface area (Å²) < 4.78 is 3.29. The number of nitrogens with one attached hydrogen (secondary N) is 1. The number of carbonyl (C=O) groups excluding carboxylic acids is 1. The minimum Gasteiger partial charge on any atom is -0.344 e. The topological polar surface area (TPSA) is 81.3 Å². The zero-order valence-electron chi connectivity index (χ0n) is 21.0. The number of rotatable bonds is 5. The van der Waals surface area contributed by atoms with Crippen LogP contribution in [0.25, 0.3) is 33.2 Å². The summed E-state index contributed by atoms with van der Waals surface area (Å²) in [5.41, 5.74) is 4.59. The Labute approximate surface area is 219 Å². The van der Waals surface area contributed by atoms with Gasteiger partial charge in [-0.15, -0.1) is 0 Å². The number of benzene rings is 3. The van der Waals surface area contributed by atoms with Gasteiger partial charge >= 0.3 is 0 Å². The lowest BCUT2D eigenvalue weighted by Crippen LogP contribution is -2.32. The third-order valence-electron chi connectivity index (χ3n) is 6.76. The fourth-order valence-corrected chi connectivity index (χ4v) is 5.01. The molecule has 0 fully saturated rings. The number of carbonyl (C=O) groups is 1. The molecule has 38 heavy (non-hydrogen) atoms. The van der Waals surface area contributed by atoms with Crippen LogP contribution in [0.15, 0.2) is 108 Å². The van der Waals surface area contributed by atoms with Crippen LogP contribution in [0.1, 0.15) is 34.7 Å². The minimum absolute atomic E-state index is 0.141. The first-order chi connectivity index (χ1) is 18.5. The Morgan fingerprint density at radius 2 is 1.66 bits per heavy atom. The average molecular weight is 500 g/mol. The van der Waals surface area contributed by atoms with E-state index in [1.54, 1.807) is 34.5 Å². The maximum atomic E-state index is 14.2. The molecule has 0 aliphatic rings. The van der Waals surface area contributed by atoms with Gasteiger partial charge in [-0.3, -0.25) is 14.2 Å². The first kappa shape index (κ1) is 23.4. The van der Waals surface area contributed by atoms with Crippen molar-refractivity contribution in [2.24, 2.45) is 0 Å². The molecule has 7 nitrogen and oxygen atoms in total. The van der Waals surface area contributed by atoms with Crippen molar-refractivity contribution in [1.82, 2.24) is 24.5 Å². The molecule has 1 N–H and O–H groups in total. The van der Waals surface area contributed by atoms with Crippen molar-refractivity contribution in [3.05, 3.63) is 131 Å². The van der Waals surface area contributed by atoms with Crippen molar-refractivity contribution in [2.45, 2.75) is 19.9 Å². The molecule has 3 aromatic carbocycles. The standard InChI is InChI=1S/C31H25N5O2/c1-20(33-30(37)27-21(2)34-35-18-10-17-32-29(27)35)26-19-23-13-9-16-25(22-11-5-3-6-12-22)28(23)31(38)36(26)24-14-7-4-8-15-24/h3-20H,1-2H3,(H,33,37)/t20-/m0/s1. The van der Waals surface area contributed by atoms with Gasteiger partial charge in [0.2, 0.25) is 0 Å². The molecule has 6 rings (SSSR count). The first-order valence-electron chi connectivity index (χ1n) is 12.4. The smallest absolute Gasteiger partial charge is 0.263 e. The molecule has 0 radical (unpaired) electrons.